The summed E-state index contributed by atoms with van der Waals surface area (Å²) in [6.07, 6.45) is 2.87. The maximum atomic E-state index is 12.2. The van der Waals surface area contributed by atoms with Gasteiger partial charge in [-0.1, -0.05) is 17.7 Å². The molecule has 2 rings (SSSR count). The van der Waals surface area contributed by atoms with E-state index < -0.39 is 10.0 Å². The van der Waals surface area contributed by atoms with E-state index in [2.05, 4.69) is 14.7 Å². The summed E-state index contributed by atoms with van der Waals surface area (Å²) >= 11 is 5.90. The van der Waals surface area contributed by atoms with Gasteiger partial charge in [0.1, 0.15) is 4.90 Å². The minimum Gasteiger partial charge on any atom is -0.326 e. The Morgan fingerprint density at radius 1 is 1.26 bits per heavy atom. The molecule has 0 unspecified atom stereocenters. The van der Waals surface area contributed by atoms with E-state index in [1.54, 1.807) is 12.1 Å². The lowest BCUT2D eigenvalue weighted by Gasteiger charge is -2.09. The second kappa shape index (κ2) is 5.52. The number of aromatic nitrogens is 2. The van der Waals surface area contributed by atoms with Crippen molar-refractivity contribution in [1.82, 2.24) is 9.97 Å². The highest BCUT2D eigenvalue weighted by Crippen LogP contribution is 2.23. The average molecular weight is 299 g/mol. The van der Waals surface area contributed by atoms with Gasteiger partial charge in [0.15, 0.2) is 0 Å². The Balaban J connectivity index is 2.39. The second-order valence-electron chi connectivity index (χ2n) is 3.65. The van der Waals surface area contributed by atoms with Crippen LogP contribution in [0.3, 0.4) is 0 Å². The van der Waals surface area contributed by atoms with Crippen LogP contribution in [0.4, 0.5) is 5.95 Å². The van der Waals surface area contributed by atoms with E-state index in [1.165, 1.54) is 24.5 Å². The molecular weight excluding hydrogens is 288 g/mol. The number of nitrogens with zero attached hydrogens (tertiary/aromatic N) is 2. The van der Waals surface area contributed by atoms with Gasteiger partial charge in [0.2, 0.25) is 5.95 Å². The van der Waals surface area contributed by atoms with Crippen molar-refractivity contribution in [3.8, 4) is 0 Å². The first-order valence-corrected chi connectivity index (χ1v) is 7.17. The smallest absolute Gasteiger partial charge is 0.265 e. The van der Waals surface area contributed by atoms with Gasteiger partial charge in [0.25, 0.3) is 10.0 Å². The molecule has 0 aliphatic carbocycles. The zero-order chi connectivity index (χ0) is 13.9. The van der Waals surface area contributed by atoms with Gasteiger partial charge in [0.05, 0.1) is 5.02 Å². The summed E-state index contributed by atoms with van der Waals surface area (Å²) in [6.45, 7) is 0.224. The zero-order valence-electron chi connectivity index (χ0n) is 9.75. The predicted octanol–water partition coefficient (Wildman–Crippen LogP) is 1.39. The number of benzene rings is 1. The standard InChI is InChI=1S/C11H11ClN4O2S/c12-9-3-2-8(7-13)6-10(9)19(17,18)16-11-14-4-1-5-15-11/h1-6H,7,13H2,(H,14,15,16). The number of hydrogen-bond acceptors (Lipinski definition) is 5. The molecule has 19 heavy (non-hydrogen) atoms. The molecular formula is C11H11ClN4O2S. The van der Waals surface area contributed by atoms with Crippen LogP contribution in [0.1, 0.15) is 5.56 Å². The third-order valence-corrected chi connectivity index (χ3v) is 4.12. The minimum atomic E-state index is -3.84. The monoisotopic (exact) mass is 298 g/mol. The number of nitrogens with two attached hydrogens (primary N) is 1. The fourth-order valence-corrected chi connectivity index (χ4v) is 2.92. The van der Waals surface area contributed by atoms with Gasteiger partial charge in [-0.25, -0.2) is 23.1 Å². The van der Waals surface area contributed by atoms with Crippen molar-refractivity contribution in [2.45, 2.75) is 11.4 Å². The lowest BCUT2D eigenvalue weighted by atomic mass is 10.2. The first-order valence-electron chi connectivity index (χ1n) is 5.31. The number of hydrogen-bond donors (Lipinski definition) is 2. The van der Waals surface area contributed by atoms with Gasteiger partial charge < -0.3 is 5.73 Å². The summed E-state index contributed by atoms with van der Waals surface area (Å²) in [4.78, 5) is 7.53. The molecule has 0 aliphatic heterocycles. The fraction of sp³-hybridized carbons (Fsp3) is 0.0909. The highest BCUT2D eigenvalue weighted by Gasteiger charge is 2.19. The predicted molar refractivity (Wildman–Crippen MR) is 72.2 cm³/mol. The molecule has 0 saturated carbocycles. The molecule has 8 heteroatoms. The van der Waals surface area contributed by atoms with Crippen LogP contribution in [0.25, 0.3) is 0 Å². The summed E-state index contributed by atoms with van der Waals surface area (Å²) in [7, 11) is -3.84. The molecule has 0 spiro atoms. The van der Waals surface area contributed by atoms with Gasteiger partial charge in [-0.05, 0) is 23.8 Å². The SMILES string of the molecule is NCc1ccc(Cl)c(S(=O)(=O)Nc2ncccn2)c1. The van der Waals surface area contributed by atoms with E-state index in [4.69, 9.17) is 17.3 Å². The number of anilines is 1. The van der Waals surface area contributed by atoms with Crippen LogP contribution in [0.5, 0.6) is 0 Å². The number of rotatable bonds is 4. The van der Waals surface area contributed by atoms with Gasteiger partial charge in [-0.3, -0.25) is 0 Å². The van der Waals surface area contributed by atoms with Crippen molar-refractivity contribution < 1.29 is 8.42 Å². The second-order valence-corrected chi connectivity index (χ2v) is 5.70. The van der Waals surface area contributed by atoms with Crippen LogP contribution < -0.4 is 10.5 Å². The van der Waals surface area contributed by atoms with Crippen LogP contribution in [-0.2, 0) is 16.6 Å². The zero-order valence-corrected chi connectivity index (χ0v) is 11.3. The molecule has 100 valence electrons. The molecule has 0 saturated heterocycles. The Morgan fingerprint density at radius 2 is 1.95 bits per heavy atom. The van der Waals surface area contributed by atoms with E-state index in [0.717, 1.165) is 0 Å². The molecule has 0 aliphatic rings. The van der Waals surface area contributed by atoms with Crippen molar-refractivity contribution >= 4 is 27.6 Å². The quantitative estimate of drug-likeness (QED) is 0.889. The summed E-state index contributed by atoms with van der Waals surface area (Å²) in [5, 5.41) is 0.112. The van der Waals surface area contributed by atoms with Crippen molar-refractivity contribution in [3.63, 3.8) is 0 Å². The normalized spacial score (nSPS) is 11.3. The van der Waals surface area contributed by atoms with E-state index in [9.17, 15) is 8.42 Å². The fourth-order valence-electron chi connectivity index (χ4n) is 1.41. The Morgan fingerprint density at radius 3 is 2.58 bits per heavy atom. The van der Waals surface area contributed by atoms with Crippen molar-refractivity contribution in [1.29, 1.82) is 0 Å². The van der Waals surface area contributed by atoms with Crippen LogP contribution in [0.2, 0.25) is 5.02 Å². The van der Waals surface area contributed by atoms with Crippen molar-refractivity contribution in [2.24, 2.45) is 5.73 Å². The minimum absolute atomic E-state index is 0.0169. The molecule has 1 aromatic carbocycles. The highest BCUT2D eigenvalue weighted by molar-refractivity contribution is 7.92. The Labute approximate surface area is 115 Å². The lowest BCUT2D eigenvalue weighted by molar-refractivity contribution is 0.600. The maximum absolute atomic E-state index is 12.2. The highest BCUT2D eigenvalue weighted by atomic mass is 35.5. The van der Waals surface area contributed by atoms with Gasteiger partial charge >= 0.3 is 0 Å². The van der Waals surface area contributed by atoms with E-state index in [1.807, 2.05) is 0 Å². The van der Waals surface area contributed by atoms with Gasteiger partial charge in [-0.15, -0.1) is 0 Å². The first-order chi connectivity index (χ1) is 9.03. The molecule has 0 amide bonds. The van der Waals surface area contributed by atoms with Crippen LogP contribution in [0.15, 0.2) is 41.6 Å². The molecule has 2 aromatic rings. The van der Waals surface area contributed by atoms with E-state index in [-0.39, 0.29) is 22.4 Å². The third kappa shape index (κ3) is 3.19. The number of halogens is 1. The molecule has 0 bridgehead atoms. The van der Waals surface area contributed by atoms with Gasteiger partial charge in [-0.2, -0.15) is 0 Å². The molecule has 1 heterocycles. The Kier molecular flexibility index (Phi) is 3.98. The number of nitrogens with one attached hydrogen (secondary N) is 1. The average Bonchev–Trinajstić information content (AvgIpc) is 2.39. The molecule has 3 N–H and O–H groups in total. The first kappa shape index (κ1) is 13.7. The largest absolute Gasteiger partial charge is 0.326 e. The van der Waals surface area contributed by atoms with Crippen LogP contribution in [-0.4, -0.2) is 18.4 Å². The maximum Gasteiger partial charge on any atom is 0.265 e. The summed E-state index contributed by atoms with van der Waals surface area (Å²) < 4.78 is 26.6. The molecule has 0 fully saturated rings. The molecule has 0 radical (unpaired) electrons. The summed E-state index contributed by atoms with van der Waals surface area (Å²) in [6, 6.07) is 6.16. The summed E-state index contributed by atoms with van der Waals surface area (Å²) in [5.74, 6) is -0.0169. The van der Waals surface area contributed by atoms with Crippen molar-refractivity contribution in [3.05, 3.63) is 47.2 Å². The molecule has 1 aromatic heterocycles. The lowest BCUT2D eigenvalue weighted by Crippen LogP contribution is -2.16. The third-order valence-electron chi connectivity index (χ3n) is 2.31. The van der Waals surface area contributed by atoms with Crippen LogP contribution >= 0.6 is 11.6 Å². The summed E-state index contributed by atoms with van der Waals surface area (Å²) in [5.41, 5.74) is 6.15. The number of sulfonamides is 1. The van der Waals surface area contributed by atoms with E-state index in [0.29, 0.717) is 5.56 Å². The van der Waals surface area contributed by atoms with Gasteiger partial charge in [0, 0.05) is 18.9 Å². The Hall–Kier alpha value is -1.70. The topological polar surface area (TPSA) is 98.0 Å². The van der Waals surface area contributed by atoms with Crippen LogP contribution in [0, 0.1) is 0 Å². The molecule has 6 nitrogen and oxygen atoms in total. The van der Waals surface area contributed by atoms with Crippen molar-refractivity contribution in [2.75, 3.05) is 4.72 Å². The van der Waals surface area contributed by atoms with E-state index >= 15 is 0 Å². The molecule has 0 atom stereocenters. The Bertz CT molecular complexity index is 676.